The van der Waals surface area contributed by atoms with E-state index in [2.05, 4.69) is 17.1 Å². The van der Waals surface area contributed by atoms with E-state index in [4.69, 9.17) is 14.1 Å². The monoisotopic (exact) mass is 477 g/mol. The third-order valence-electron chi connectivity index (χ3n) is 5.29. The first-order valence-corrected chi connectivity index (χ1v) is 9.42. The smallest absolute Gasteiger partial charge is 0.194 e. The molecule has 1 spiro atoms. The van der Waals surface area contributed by atoms with Gasteiger partial charge in [0, 0.05) is 31.7 Å². The van der Waals surface area contributed by atoms with Crippen LogP contribution in [0.15, 0.2) is 27.8 Å². The highest BCUT2D eigenvalue weighted by Gasteiger charge is 2.38. The molecule has 3 rings (SSSR count). The van der Waals surface area contributed by atoms with E-state index < -0.39 is 5.60 Å². The van der Waals surface area contributed by atoms with E-state index in [-0.39, 0.29) is 35.9 Å². The quantitative estimate of drug-likeness (QED) is 0.397. The number of aliphatic hydroxyl groups is 1. The van der Waals surface area contributed by atoms with Gasteiger partial charge in [-0.15, -0.1) is 24.0 Å². The van der Waals surface area contributed by atoms with Gasteiger partial charge in [0.25, 0.3) is 0 Å². The molecule has 1 aromatic rings. The Kier molecular flexibility index (Phi) is 7.78. The number of piperidine rings is 1. The standard InChI is InChI=1S/C19H31N3O3.HI/c1-3-20-17(21-13-18(2,23)16-7-4-12-25-16)22-10-5-8-19(14-22)9-6-11-24-15-19;/h4,7,12,23H,3,5-6,8-11,13-15H2,1-2H3,(H,20,21);1H. The van der Waals surface area contributed by atoms with Gasteiger partial charge in [0.15, 0.2) is 5.96 Å². The first-order chi connectivity index (χ1) is 12.0. The van der Waals surface area contributed by atoms with Crippen LogP contribution >= 0.6 is 24.0 Å². The number of guanidine groups is 1. The van der Waals surface area contributed by atoms with Crippen LogP contribution in [0.3, 0.4) is 0 Å². The Morgan fingerprint density at radius 3 is 2.88 bits per heavy atom. The Labute approximate surface area is 173 Å². The molecule has 1 aromatic heterocycles. The molecule has 2 aliphatic rings. The average molecular weight is 477 g/mol. The van der Waals surface area contributed by atoms with Gasteiger partial charge in [-0.2, -0.15) is 0 Å². The van der Waals surface area contributed by atoms with Crippen LogP contribution in [-0.2, 0) is 10.3 Å². The van der Waals surface area contributed by atoms with E-state index in [9.17, 15) is 5.11 Å². The first-order valence-electron chi connectivity index (χ1n) is 9.42. The van der Waals surface area contributed by atoms with Crippen LogP contribution in [0.5, 0.6) is 0 Å². The van der Waals surface area contributed by atoms with Gasteiger partial charge in [-0.1, -0.05) is 0 Å². The number of hydrogen-bond donors (Lipinski definition) is 2. The zero-order valence-electron chi connectivity index (χ0n) is 15.9. The number of hydrogen-bond acceptors (Lipinski definition) is 4. The van der Waals surface area contributed by atoms with Gasteiger partial charge in [-0.05, 0) is 51.7 Å². The van der Waals surface area contributed by atoms with Crippen molar-refractivity contribution in [2.45, 2.75) is 45.1 Å². The van der Waals surface area contributed by atoms with Crippen molar-refractivity contribution >= 4 is 29.9 Å². The van der Waals surface area contributed by atoms with Crippen molar-refractivity contribution in [1.29, 1.82) is 0 Å². The van der Waals surface area contributed by atoms with E-state index >= 15 is 0 Å². The van der Waals surface area contributed by atoms with Gasteiger partial charge < -0.3 is 24.5 Å². The topological polar surface area (TPSA) is 70.2 Å². The summed E-state index contributed by atoms with van der Waals surface area (Å²) in [5, 5.41) is 14.1. The maximum Gasteiger partial charge on any atom is 0.194 e. The maximum absolute atomic E-state index is 10.7. The first kappa shape index (κ1) is 21.5. The van der Waals surface area contributed by atoms with Crippen molar-refractivity contribution in [2.24, 2.45) is 10.4 Å². The summed E-state index contributed by atoms with van der Waals surface area (Å²) in [6, 6.07) is 3.58. The third-order valence-corrected chi connectivity index (χ3v) is 5.29. The molecule has 2 atom stereocenters. The highest BCUT2D eigenvalue weighted by Crippen LogP contribution is 2.37. The Morgan fingerprint density at radius 1 is 1.42 bits per heavy atom. The minimum Gasteiger partial charge on any atom is -0.466 e. The summed E-state index contributed by atoms with van der Waals surface area (Å²) < 4.78 is 11.1. The molecule has 6 nitrogen and oxygen atoms in total. The highest BCUT2D eigenvalue weighted by atomic mass is 127. The van der Waals surface area contributed by atoms with E-state index in [1.165, 1.54) is 12.8 Å². The lowest BCUT2D eigenvalue weighted by Gasteiger charge is -2.45. The van der Waals surface area contributed by atoms with Gasteiger partial charge in [0.1, 0.15) is 11.4 Å². The highest BCUT2D eigenvalue weighted by molar-refractivity contribution is 14.0. The van der Waals surface area contributed by atoms with Crippen molar-refractivity contribution in [2.75, 3.05) is 39.4 Å². The van der Waals surface area contributed by atoms with Crippen LogP contribution in [0.2, 0.25) is 0 Å². The lowest BCUT2D eigenvalue weighted by Crippen LogP contribution is -2.53. The Morgan fingerprint density at radius 2 is 2.23 bits per heavy atom. The SMILES string of the molecule is CCNC(=NCC(C)(O)c1ccco1)N1CCCC2(CCCOC2)C1.I. The number of likely N-dealkylation sites (tertiary alicyclic amines) is 1. The van der Waals surface area contributed by atoms with Crippen LogP contribution < -0.4 is 5.32 Å². The minimum absolute atomic E-state index is 0. The summed E-state index contributed by atoms with van der Waals surface area (Å²) in [7, 11) is 0. The number of nitrogens with zero attached hydrogens (tertiary/aromatic N) is 2. The van der Waals surface area contributed by atoms with Crippen molar-refractivity contribution in [3.63, 3.8) is 0 Å². The summed E-state index contributed by atoms with van der Waals surface area (Å²) in [4.78, 5) is 7.06. The number of furan rings is 1. The largest absolute Gasteiger partial charge is 0.466 e. The van der Waals surface area contributed by atoms with E-state index in [0.717, 1.165) is 51.6 Å². The molecule has 148 valence electrons. The predicted molar refractivity (Wildman–Crippen MR) is 113 cm³/mol. The zero-order valence-corrected chi connectivity index (χ0v) is 18.2. The molecule has 0 radical (unpaired) electrons. The Bertz CT molecular complexity index is 563. The molecule has 7 heteroatoms. The fourth-order valence-electron chi connectivity index (χ4n) is 3.94. The second-order valence-electron chi connectivity index (χ2n) is 7.60. The molecular formula is C19H32IN3O3. The Balaban J connectivity index is 0.00000243. The molecule has 2 saturated heterocycles. The molecule has 0 saturated carbocycles. The molecule has 2 aliphatic heterocycles. The molecule has 26 heavy (non-hydrogen) atoms. The van der Waals surface area contributed by atoms with E-state index in [1.807, 2.05) is 0 Å². The number of aliphatic imine (C=N–C) groups is 1. The molecule has 0 amide bonds. The van der Waals surface area contributed by atoms with Crippen LogP contribution in [0, 0.1) is 5.41 Å². The Hall–Kier alpha value is -0.800. The summed E-state index contributed by atoms with van der Waals surface area (Å²) in [6.45, 7) is 8.60. The number of ether oxygens (including phenoxy) is 1. The molecule has 0 bridgehead atoms. The van der Waals surface area contributed by atoms with Gasteiger partial charge in [-0.25, -0.2) is 4.99 Å². The molecule has 0 aromatic carbocycles. The van der Waals surface area contributed by atoms with Crippen LogP contribution in [0.4, 0.5) is 0 Å². The van der Waals surface area contributed by atoms with Crippen LogP contribution in [0.25, 0.3) is 0 Å². The number of halogens is 1. The third kappa shape index (κ3) is 5.13. The second kappa shape index (κ2) is 9.41. The molecule has 2 unspecified atom stereocenters. The average Bonchev–Trinajstić information content (AvgIpc) is 3.15. The zero-order chi connectivity index (χ0) is 17.8. The normalized spacial score (nSPS) is 26.3. The lowest BCUT2D eigenvalue weighted by molar-refractivity contribution is -0.0371. The molecular weight excluding hydrogens is 445 g/mol. The fourth-order valence-corrected chi connectivity index (χ4v) is 3.94. The lowest BCUT2D eigenvalue weighted by atomic mass is 9.76. The number of nitrogens with one attached hydrogen (secondary N) is 1. The number of rotatable bonds is 4. The minimum atomic E-state index is -1.11. The van der Waals surface area contributed by atoms with Crippen LogP contribution in [0.1, 0.15) is 45.3 Å². The summed E-state index contributed by atoms with van der Waals surface area (Å²) >= 11 is 0. The molecule has 2 fully saturated rings. The van der Waals surface area contributed by atoms with Gasteiger partial charge >= 0.3 is 0 Å². The van der Waals surface area contributed by atoms with Crippen molar-refractivity contribution in [1.82, 2.24) is 10.2 Å². The van der Waals surface area contributed by atoms with Crippen molar-refractivity contribution in [3.05, 3.63) is 24.2 Å². The van der Waals surface area contributed by atoms with Crippen molar-refractivity contribution < 1.29 is 14.3 Å². The van der Waals surface area contributed by atoms with Gasteiger partial charge in [0.05, 0.1) is 19.4 Å². The molecule has 2 N–H and O–H groups in total. The summed E-state index contributed by atoms with van der Waals surface area (Å²) in [6.07, 6.45) is 6.34. The van der Waals surface area contributed by atoms with Gasteiger partial charge in [0.2, 0.25) is 0 Å². The maximum atomic E-state index is 10.7. The fraction of sp³-hybridized carbons (Fsp3) is 0.737. The molecule has 0 aliphatic carbocycles. The summed E-state index contributed by atoms with van der Waals surface area (Å²) in [5.74, 6) is 1.42. The van der Waals surface area contributed by atoms with Crippen molar-refractivity contribution in [3.8, 4) is 0 Å². The predicted octanol–water partition coefficient (Wildman–Crippen LogP) is 2.96. The van der Waals surface area contributed by atoms with Crippen LogP contribution in [-0.4, -0.2) is 55.4 Å². The molecule has 3 heterocycles. The van der Waals surface area contributed by atoms with E-state index in [1.54, 1.807) is 25.3 Å². The van der Waals surface area contributed by atoms with Gasteiger partial charge in [-0.3, -0.25) is 0 Å². The van der Waals surface area contributed by atoms with E-state index in [0.29, 0.717) is 5.76 Å². The second-order valence-corrected chi connectivity index (χ2v) is 7.60. The summed E-state index contributed by atoms with van der Waals surface area (Å²) in [5.41, 5.74) is -0.845.